The highest BCUT2D eigenvalue weighted by Crippen LogP contribution is 2.38. The summed E-state index contributed by atoms with van der Waals surface area (Å²) < 4.78 is 19.9. The van der Waals surface area contributed by atoms with Gasteiger partial charge in [-0.2, -0.15) is 0 Å². The van der Waals surface area contributed by atoms with Crippen LogP contribution in [0.1, 0.15) is 39.7 Å². The molecule has 0 saturated carbocycles. The van der Waals surface area contributed by atoms with Crippen molar-refractivity contribution in [3.63, 3.8) is 0 Å². The van der Waals surface area contributed by atoms with Gasteiger partial charge in [0.05, 0.1) is 26.4 Å². The van der Waals surface area contributed by atoms with Gasteiger partial charge in [-0.25, -0.2) is 0 Å². The number of methoxy groups -OCH3 is 1. The molecule has 0 aliphatic carbocycles. The van der Waals surface area contributed by atoms with Crippen LogP contribution in [0.3, 0.4) is 0 Å². The smallest absolute Gasteiger partial charge is 0.192 e. The van der Waals surface area contributed by atoms with E-state index in [9.17, 15) is 0 Å². The maximum absolute atomic E-state index is 6.60. The van der Waals surface area contributed by atoms with Crippen molar-refractivity contribution in [3.8, 4) is 5.75 Å². The van der Waals surface area contributed by atoms with Gasteiger partial charge in [0.15, 0.2) is 8.32 Å². The molecule has 0 bridgehead atoms. The second kappa shape index (κ2) is 10.1. The topological polar surface area (TPSA) is 27.7 Å². The summed E-state index contributed by atoms with van der Waals surface area (Å²) in [6.07, 6.45) is 1.02. The van der Waals surface area contributed by atoms with Gasteiger partial charge in [-0.05, 0) is 53.3 Å². The van der Waals surface area contributed by atoms with Gasteiger partial charge in [0.2, 0.25) is 0 Å². The molecule has 1 rings (SSSR count). The van der Waals surface area contributed by atoms with Crippen molar-refractivity contribution < 1.29 is 13.9 Å². The summed E-state index contributed by atoms with van der Waals surface area (Å²) in [5.74, 6) is 0.866. The van der Waals surface area contributed by atoms with E-state index in [0.29, 0.717) is 13.2 Å². The maximum atomic E-state index is 6.60. The quantitative estimate of drug-likeness (QED) is 0.308. The van der Waals surface area contributed by atoms with E-state index < -0.39 is 8.32 Å². The van der Waals surface area contributed by atoms with Crippen molar-refractivity contribution in [2.75, 3.05) is 13.7 Å². The average molecular weight is 476 g/mol. The first-order valence-electron chi connectivity index (χ1n) is 8.73. The van der Waals surface area contributed by atoms with Gasteiger partial charge in [0.1, 0.15) is 5.75 Å². The molecule has 0 fully saturated rings. The summed E-state index contributed by atoms with van der Waals surface area (Å²) >= 11 is 2.29. The SMILES string of the molecule is COc1ccc(COC[C@@H](C/C(C)=C/I)O[Si](C)(C)C(C)(C)C)cc1. The fourth-order valence-electron chi connectivity index (χ4n) is 2.16. The molecule has 0 saturated heterocycles. The van der Waals surface area contributed by atoms with Crippen LogP contribution in [0.2, 0.25) is 18.1 Å². The fraction of sp³-hybridized carbons (Fsp3) is 0.600. The van der Waals surface area contributed by atoms with E-state index in [2.05, 4.69) is 67.5 Å². The van der Waals surface area contributed by atoms with Crippen LogP contribution >= 0.6 is 22.6 Å². The maximum Gasteiger partial charge on any atom is 0.192 e. The third-order valence-electron chi connectivity index (χ3n) is 4.73. The Labute approximate surface area is 168 Å². The minimum Gasteiger partial charge on any atom is -0.497 e. The molecule has 0 spiro atoms. The zero-order valence-corrected chi connectivity index (χ0v) is 19.8. The predicted octanol–water partition coefficient (Wildman–Crippen LogP) is 6.33. The van der Waals surface area contributed by atoms with Crippen LogP contribution in [0.4, 0.5) is 0 Å². The minimum absolute atomic E-state index is 0.102. The van der Waals surface area contributed by atoms with Crippen LogP contribution in [0.25, 0.3) is 0 Å². The second-order valence-corrected chi connectivity index (χ2v) is 13.4. The minimum atomic E-state index is -1.82. The average Bonchev–Trinajstić information content (AvgIpc) is 2.53. The van der Waals surface area contributed by atoms with Gasteiger partial charge in [-0.3, -0.25) is 0 Å². The molecule has 1 aromatic carbocycles. The molecule has 1 aromatic rings. The summed E-state index contributed by atoms with van der Waals surface area (Å²) in [7, 11) is -0.138. The molecular weight excluding hydrogens is 443 g/mol. The Morgan fingerprint density at radius 2 is 1.80 bits per heavy atom. The first-order valence-corrected chi connectivity index (χ1v) is 12.9. The lowest BCUT2D eigenvalue weighted by Crippen LogP contribution is -2.45. The van der Waals surface area contributed by atoms with Crippen molar-refractivity contribution in [1.82, 2.24) is 0 Å². The van der Waals surface area contributed by atoms with Crippen LogP contribution in [-0.4, -0.2) is 28.1 Å². The van der Waals surface area contributed by atoms with E-state index >= 15 is 0 Å². The first kappa shape index (κ1) is 22.7. The fourth-order valence-corrected chi connectivity index (χ4v) is 3.75. The van der Waals surface area contributed by atoms with Gasteiger partial charge in [-0.1, -0.05) is 61.1 Å². The van der Waals surface area contributed by atoms with Crippen LogP contribution in [-0.2, 0) is 15.8 Å². The third-order valence-corrected chi connectivity index (χ3v) is 10.3. The van der Waals surface area contributed by atoms with Crippen molar-refractivity contribution >= 4 is 30.9 Å². The molecule has 142 valence electrons. The molecule has 25 heavy (non-hydrogen) atoms. The predicted molar refractivity (Wildman–Crippen MR) is 117 cm³/mol. The summed E-state index contributed by atoms with van der Waals surface area (Å²) in [6.45, 7) is 14.8. The summed E-state index contributed by atoms with van der Waals surface area (Å²) in [4.78, 5) is 0. The summed E-state index contributed by atoms with van der Waals surface area (Å²) in [5, 5.41) is 0.198. The number of benzene rings is 1. The van der Waals surface area contributed by atoms with E-state index in [1.807, 2.05) is 24.3 Å². The second-order valence-electron chi connectivity index (χ2n) is 8.02. The molecule has 0 radical (unpaired) electrons. The lowest BCUT2D eigenvalue weighted by atomic mass is 10.1. The van der Waals surface area contributed by atoms with Gasteiger partial charge in [0.25, 0.3) is 0 Å². The highest BCUT2D eigenvalue weighted by Gasteiger charge is 2.39. The van der Waals surface area contributed by atoms with E-state index in [0.717, 1.165) is 17.7 Å². The standard InChI is InChI=1S/C20H33IO3Si/c1-16(13-21)12-19(24-25(6,7)20(2,3)4)15-23-14-17-8-10-18(22-5)11-9-17/h8-11,13,19H,12,14-15H2,1-7H3/b16-13+/t19-/m1/s1. The Balaban J connectivity index is 2.66. The molecule has 0 aliphatic rings. The number of halogens is 1. The number of rotatable bonds is 9. The normalized spacial score (nSPS) is 14.5. The summed E-state index contributed by atoms with van der Waals surface area (Å²) in [5.41, 5.74) is 2.48. The van der Waals surface area contributed by atoms with Gasteiger partial charge < -0.3 is 13.9 Å². The monoisotopic (exact) mass is 476 g/mol. The van der Waals surface area contributed by atoms with Gasteiger partial charge in [0, 0.05) is 0 Å². The molecule has 5 heteroatoms. The van der Waals surface area contributed by atoms with E-state index in [1.165, 1.54) is 5.57 Å². The molecule has 1 atom stereocenters. The van der Waals surface area contributed by atoms with E-state index in [-0.39, 0.29) is 11.1 Å². The zero-order valence-electron chi connectivity index (χ0n) is 16.7. The molecule has 0 aliphatic heterocycles. The Morgan fingerprint density at radius 1 is 1.20 bits per heavy atom. The molecule has 0 amide bonds. The van der Waals surface area contributed by atoms with Crippen molar-refractivity contribution in [1.29, 1.82) is 0 Å². The van der Waals surface area contributed by atoms with Crippen LogP contribution < -0.4 is 4.74 Å². The highest BCUT2D eigenvalue weighted by atomic mass is 127. The van der Waals surface area contributed by atoms with Crippen molar-refractivity contribution in [2.45, 2.75) is 65.0 Å². The largest absolute Gasteiger partial charge is 0.497 e. The van der Waals surface area contributed by atoms with Crippen molar-refractivity contribution in [2.24, 2.45) is 0 Å². The Morgan fingerprint density at radius 3 is 2.28 bits per heavy atom. The van der Waals surface area contributed by atoms with Gasteiger partial charge in [-0.15, -0.1) is 0 Å². The van der Waals surface area contributed by atoms with Crippen LogP contribution in [0, 0.1) is 0 Å². The Kier molecular flexibility index (Phi) is 9.15. The first-order chi connectivity index (χ1) is 11.6. The Bertz CT molecular complexity index is 547. The number of hydrogen-bond acceptors (Lipinski definition) is 3. The Hall–Kier alpha value is -0.373. The van der Waals surface area contributed by atoms with E-state index in [4.69, 9.17) is 13.9 Å². The molecular formula is C20H33IO3Si. The molecule has 0 aromatic heterocycles. The number of hydrogen-bond donors (Lipinski definition) is 0. The molecule has 3 nitrogen and oxygen atoms in total. The summed E-state index contributed by atoms with van der Waals surface area (Å²) in [6, 6.07) is 8.01. The third kappa shape index (κ3) is 7.81. The number of ether oxygens (including phenoxy) is 2. The molecule has 0 unspecified atom stereocenters. The lowest BCUT2D eigenvalue weighted by molar-refractivity contribution is 0.0347. The lowest BCUT2D eigenvalue weighted by Gasteiger charge is -2.39. The van der Waals surface area contributed by atoms with Crippen LogP contribution in [0.15, 0.2) is 33.9 Å². The highest BCUT2D eigenvalue weighted by molar-refractivity contribution is 14.1. The molecule has 0 heterocycles. The van der Waals surface area contributed by atoms with Crippen molar-refractivity contribution in [3.05, 3.63) is 39.5 Å². The molecule has 0 N–H and O–H groups in total. The zero-order chi connectivity index (χ0) is 19.1. The van der Waals surface area contributed by atoms with Gasteiger partial charge >= 0.3 is 0 Å². The van der Waals surface area contributed by atoms with Crippen LogP contribution in [0.5, 0.6) is 5.75 Å². The van der Waals surface area contributed by atoms with E-state index in [1.54, 1.807) is 7.11 Å².